The lowest BCUT2D eigenvalue weighted by Crippen LogP contribution is -2.04. The smallest absolute Gasteiger partial charge is 0.341 e. The highest BCUT2D eigenvalue weighted by Gasteiger charge is 2.18. The summed E-state index contributed by atoms with van der Waals surface area (Å²) in [4.78, 5) is 10.8. The van der Waals surface area contributed by atoms with Gasteiger partial charge in [0.15, 0.2) is 5.75 Å². The van der Waals surface area contributed by atoms with Crippen molar-refractivity contribution in [2.45, 2.75) is 6.92 Å². The number of benzene rings is 1. The van der Waals surface area contributed by atoms with E-state index in [-0.39, 0.29) is 21.4 Å². The predicted octanol–water partition coefficient (Wildman–Crippen LogP) is 3.09. The standard InChI is InChI=1S/C9H8Cl2O3/c1-2-14-8-6(11)4-3-5(10)7(8)9(12)13/h3-4H,2H2,1H3,(H,12,13). The normalized spacial score (nSPS) is 9.93. The monoisotopic (exact) mass is 234 g/mol. The van der Waals surface area contributed by atoms with Crippen molar-refractivity contribution < 1.29 is 14.6 Å². The minimum absolute atomic E-state index is 0.0963. The summed E-state index contributed by atoms with van der Waals surface area (Å²) in [6.45, 7) is 2.07. The first-order valence-corrected chi connectivity index (χ1v) is 4.67. The molecule has 14 heavy (non-hydrogen) atoms. The number of rotatable bonds is 3. The molecule has 3 nitrogen and oxygen atoms in total. The number of halogens is 2. The molecule has 0 bridgehead atoms. The first-order valence-electron chi connectivity index (χ1n) is 3.92. The highest BCUT2D eigenvalue weighted by molar-refractivity contribution is 6.36. The van der Waals surface area contributed by atoms with Crippen LogP contribution in [0.15, 0.2) is 12.1 Å². The van der Waals surface area contributed by atoms with Crippen LogP contribution in [0, 0.1) is 0 Å². The van der Waals surface area contributed by atoms with Crippen LogP contribution < -0.4 is 4.74 Å². The van der Waals surface area contributed by atoms with Gasteiger partial charge < -0.3 is 9.84 Å². The van der Waals surface area contributed by atoms with Gasteiger partial charge in [-0.25, -0.2) is 4.79 Å². The summed E-state index contributed by atoms with van der Waals surface area (Å²) in [6, 6.07) is 2.93. The zero-order valence-electron chi connectivity index (χ0n) is 7.38. The molecule has 0 saturated carbocycles. The molecule has 0 atom stereocenters. The number of carboxylic acid groups (broad SMARTS) is 1. The number of aromatic carboxylic acids is 1. The number of hydrogen-bond donors (Lipinski definition) is 1. The fourth-order valence-electron chi connectivity index (χ4n) is 1.02. The van der Waals surface area contributed by atoms with E-state index in [1.807, 2.05) is 0 Å². The molecule has 0 aliphatic heterocycles. The van der Waals surface area contributed by atoms with Crippen molar-refractivity contribution in [1.82, 2.24) is 0 Å². The van der Waals surface area contributed by atoms with Gasteiger partial charge in [-0.2, -0.15) is 0 Å². The lowest BCUT2D eigenvalue weighted by atomic mass is 10.2. The van der Waals surface area contributed by atoms with E-state index in [0.29, 0.717) is 6.61 Å². The SMILES string of the molecule is CCOc1c(Cl)ccc(Cl)c1C(=O)O. The third-order valence-electron chi connectivity index (χ3n) is 1.56. The van der Waals surface area contributed by atoms with Crippen LogP contribution in [0.4, 0.5) is 0 Å². The van der Waals surface area contributed by atoms with Gasteiger partial charge in [-0.3, -0.25) is 0 Å². The Kier molecular flexibility index (Phi) is 3.61. The molecule has 1 N–H and O–H groups in total. The van der Waals surface area contributed by atoms with E-state index >= 15 is 0 Å². The molecule has 0 aromatic heterocycles. The Morgan fingerprint density at radius 3 is 2.50 bits per heavy atom. The van der Waals surface area contributed by atoms with E-state index in [1.165, 1.54) is 12.1 Å². The summed E-state index contributed by atoms with van der Waals surface area (Å²) in [7, 11) is 0. The van der Waals surface area contributed by atoms with Gasteiger partial charge in [0.2, 0.25) is 0 Å². The number of ether oxygens (including phenoxy) is 1. The summed E-state index contributed by atoms with van der Waals surface area (Å²) in [5.41, 5.74) is -0.0963. The third kappa shape index (κ3) is 2.11. The summed E-state index contributed by atoms with van der Waals surface area (Å²) < 4.78 is 5.11. The lowest BCUT2D eigenvalue weighted by Gasteiger charge is -2.09. The largest absolute Gasteiger partial charge is 0.491 e. The Labute approximate surface area is 91.2 Å². The van der Waals surface area contributed by atoms with Crippen LogP contribution in [0.3, 0.4) is 0 Å². The van der Waals surface area contributed by atoms with E-state index in [9.17, 15) is 4.79 Å². The maximum absolute atomic E-state index is 10.8. The molecular formula is C9H8Cl2O3. The predicted molar refractivity (Wildman–Crippen MR) is 54.6 cm³/mol. The van der Waals surface area contributed by atoms with Crippen LogP contribution in [-0.2, 0) is 0 Å². The molecule has 0 fully saturated rings. The average molecular weight is 235 g/mol. The summed E-state index contributed by atoms with van der Waals surface area (Å²) in [6.07, 6.45) is 0. The average Bonchev–Trinajstić information content (AvgIpc) is 2.11. The first-order chi connectivity index (χ1) is 6.57. The van der Waals surface area contributed by atoms with Gasteiger partial charge in [0, 0.05) is 0 Å². The molecule has 0 amide bonds. The second kappa shape index (κ2) is 4.53. The van der Waals surface area contributed by atoms with Crippen molar-refractivity contribution >= 4 is 29.2 Å². The van der Waals surface area contributed by atoms with Crippen LogP contribution in [-0.4, -0.2) is 17.7 Å². The van der Waals surface area contributed by atoms with Gasteiger partial charge in [0.25, 0.3) is 0 Å². The van der Waals surface area contributed by atoms with Crippen molar-refractivity contribution in [3.63, 3.8) is 0 Å². The molecule has 5 heteroatoms. The highest BCUT2D eigenvalue weighted by Crippen LogP contribution is 2.33. The Bertz CT molecular complexity index is 363. The molecule has 0 spiro atoms. The van der Waals surface area contributed by atoms with Crippen molar-refractivity contribution in [1.29, 1.82) is 0 Å². The first kappa shape index (κ1) is 11.1. The van der Waals surface area contributed by atoms with E-state index in [4.69, 9.17) is 33.0 Å². The highest BCUT2D eigenvalue weighted by atomic mass is 35.5. The Morgan fingerprint density at radius 2 is 2.00 bits per heavy atom. The molecule has 1 aromatic carbocycles. The van der Waals surface area contributed by atoms with Crippen molar-refractivity contribution in [2.75, 3.05) is 6.61 Å². The molecule has 0 saturated heterocycles. The molecule has 76 valence electrons. The van der Waals surface area contributed by atoms with Crippen molar-refractivity contribution in [3.05, 3.63) is 27.7 Å². The van der Waals surface area contributed by atoms with Crippen LogP contribution in [0.5, 0.6) is 5.75 Å². The van der Waals surface area contributed by atoms with E-state index in [0.717, 1.165) is 0 Å². The van der Waals surface area contributed by atoms with Crippen LogP contribution in [0.1, 0.15) is 17.3 Å². The van der Waals surface area contributed by atoms with E-state index < -0.39 is 5.97 Å². The third-order valence-corrected chi connectivity index (χ3v) is 2.17. The van der Waals surface area contributed by atoms with E-state index in [2.05, 4.69) is 0 Å². The summed E-state index contributed by atoms with van der Waals surface area (Å²) >= 11 is 11.5. The van der Waals surface area contributed by atoms with Crippen LogP contribution in [0.2, 0.25) is 10.0 Å². The molecule has 1 rings (SSSR count). The Balaban J connectivity index is 3.33. The molecule has 0 unspecified atom stereocenters. The van der Waals surface area contributed by atoms with Crippen LogP contribution in [0.25, 0.3) is 0 Å². The molecule has 1 aromatic rings. The maximum Gasteiger partial charge on any atom is 0.341 e. The summed E-state index contributed by atoms with van der Waals surface area (Å²) in [5, 5.41) is 9.23. The minimum atomic E-state index is -1.15. The quantitative estimate of drug-likeness (QED) is 0.875. The van der Waals surface area contributed by atoms with Crippen molar-refractivity contribution in [2.24, 2.45) is 0 Å². The van der Waals surface area contributed by atoms with Gasteiger partial charge in [-0.15, -0.1) is 0 Å². The van der Waals surface area contributed by atoms with Gasteiger partial charge in [-0.05, 0) is 19.1 Å². The van der Waals surface area contributed by atoms with Gasteiger partial charge >= 0.3 is 5.97 Å². The molecular weight excluding hydrogens is 227 g/mol. The fraction of sp³-hybridized carbons (Fsp3) is 0.222. The number of carbonyl (C=O) groups is 1. The minimum Gasteiger partial charge on any atom is -0.491 e. The van der Waals surface area contributed by atoms with Gasteiger partial charge in [0.05, 0.1) is 16.7 Å². The lowest BCUT2D eigenvalue weighted by molar-refractivity contribution is 0.0693. The van der Waals surface area contributed by atoms with Gasteiger partial charge in [0.1, 0.15) is 5.56 Å². The topological polar surface area (TPSA) is 46.5 Å². The zero-order chi connectivity index (χ0) is 10.7. The fourth-order valence-corrected chi connectivity index (χ4v) is 1.46. The number of carboxylic acids is 1. The second-order valence-electron chi connectivity index (χ2n) is 2.47. The van der Waals surface area contributed by atoms with Crippen molar-refractivity contribution in [3.8, 4) is 5.75 Å². The van der Waals surface area contributed by atoms with Gasteiger partial charge in [-0.1, -0.05) is 23.2 Å². The van der Waals surface area contributed by atoms with Crippen LogP contribution >= 0.6 is 23.2 Å². The van der Waals surface area contributed by atoms with E-state index in [1.54, 1.807) is 6.92 Å². The maximum atomic E-state index is 10.8. The number of hydrogen-bond acceptors (Lipinski definition) is 2. The molecule has 0 aliphatic carbocycles. The molecule has 0 heterocycles. The molecule has 0 radical (unpaired) electrons. The summed E-state index contributed by atoms with van der Waals surface area (Å²) in [5.74, 6) is -1.03. The Morgan fingerprint density at radius 1 is 1.43 bits per heavy atom. The second-order valence-corrected chi connectivity index (χ2v) is 3.29. The Hall–Kier alpha value is -0.930. The zero-order valence-corrected chi connectivity index (χ0v) is 8.89. The molecule has 0 aliphatic rings.